The molecular weight excluding hydrogens is 314 g/mol. The Bertz CT molecular complexity index is 715. The van der Waals surface area contributed by atoms with Crippen molar-refractivity contribution in [3.8, 4) is 0 Å². The van der Waals surface area contributed by atoms with Crippen molar-refractivity contribution >= 4 is 34.7 Å². The molecule has 3 rings (SSSR count). The van der Waals surface area contributed by atoms with Crippen molar-refractivity contribution in [1.82, 2.24) is 10.9 Å². The van der Waals surface area contributed by atoms with Gasteiger partial charge in [-0.1, -0.05) is 24.3 Å². The summed E-state index contributed by atoms with van der Waals surface area (Å²) in [5.74, 6) is -1.30. The normalized spacial score (nSPS) is 17.1. The van der Waals surface area contributed by atoms with Crippen LogP contribution in [0.2, 0.25) is 0 Å². The molecule has 1 aliphatic heterocycles. The minimum absolute atomic E-state index is 0.0964. The van der Waals surface area contributed by atoms with Gasteiger partial charge < -0.3 is 4.90 Å². The quantitative estimate of drug-likeness (QED) is 0.839. The molecule has 0 unspecified atom stereocenters. The van der Waals surface area contributed by atoms with Gasteiger partial charge in [0, 0.05) is 18.7 Å². The van der Waals surface area contributed by atoms with Crippen LogP contribution in [0.4, 0.5) is 5.69 Å². The zero-order chi connectivity index (χ0) is 16.2. The summed E-state index contributed by atoms with van der Waals surface area (Å²) in [7, 11) is 0. The molecule has 23 heavy (non-hydrogen) atoms. The van der Waals surface area contributed by atoms with Gasteiger partial charge in [-0.25, -0.2) is 0 Å². The van der Waals surface area contributed by atoms with Crippen molar-refractivity contribution in [2.45, 2.75) is 6.42 Å². The van der Waals surface area contributed by atoms with Crippen LogP contribution >= 0.6 is 11.3 Å². The number of thiophene rings is 1. The van der Waals surface area contributed by atoms with E-state index in [2.05, 4.69) is 10.9 Å². The number of carbonyl (C=O) groups is 3. The number of hydrazine groups is 1. The molecule has 2 heterocycles. The molecule has 0 saturated carbocycles. The van der Waals surface area contributed by atoms with Gasteiger partial charge in [0.2, 0.25) is 11.8 Å². The van der Waals surface area contributed by atoms with Crippen molar-refractivity contribution in [2.24, 2.45) is 5.92 Å². The Kier molecular flexibility index (Phi) is 4.38. The maximum absolute atomic E-state index is 12.1. The van der Waals surface area contributed by atoms with Crippen LogP contribution in [0.1, 0.15) is 16.1 Å². The number of hydrogen-bond acceptors (Lipinski definition) is 4. The third kappa shape index (κ3) is 3.40. The van der Waals surface area contributed by atoms with E-state index in [1.165, 1.54) is 11.3 Å². The second kappa shape index (κ2) is 6.62. The van der Waals surface area contributed by atoms with Gasteiger partial charge in [-0.2, -0.15) is 0 Å². The smallest absolute Gasteiger partial charge is 0.279 e. The lowest BCUT2D eigenvalue weighted by molar-refractivity contribution is -0.126. The van der Waals surface area contributed by atoms with Crippen LogP contribution in [0.25, 0.3) is 0 Å². The van der Waals surface area contributed by atoms with E-state index in [9.17, 15) is 14.4 Å². The van der Waals surface area contributed by atoms with Gasteiger partial charge in [0.1, 0.15) is 0 Å². The Labute approximate surface area is 137 Å². The summed E-state index contributed by atoms with van der Waals surface area (Å²) in [4.78, 5) is 38.1. The van der Waals surface area contributed by atoms with Crippen LogP contribution in [-0.2, 0) is 9.59 Å². The second-order valence-corrected chi connectivity index (χ2v) is 6.11. The molecule has 1 saturated heterocycles. The highest BCUT2D eigenvalue weighted by atomic mass is 32.1. The lowest BCUT2D eigenvalue weighted by Crippen LogP contribution is -2.44. The van der Waals surface area contributed by atoms with E-state index in [0.29, 0.717) is 11.4 Å². The zero-order valence-electron chi connectivity index (χ0n) is 12.2. The van der Waals surface area contributed by atoms with Gasteiger partial charge in [-0.05, 0) is 23.6 Å². The molecule has 3 amide bonds. The van der Waals surface area contributed by atoms with E-state index in [1.54, 1.807) is 22.4 Å². The highest BCUT2D eigenvalue weighted by Gasteiger charge is 2.35. The molecule has 1 aliphatic rings. The van der Waals surface area contributed by atoms with Gasteiger partial charge in [0.05, 0.1) is 10.8 Å². The fourth-order valence-corrected chi connectivity index (χ4v) is 3.05. The van der Waals surface area contributed by atoms with Crippen LogP contribution in [-0.4, -0.2) is 24.3 Å². The Hall–Kier alpha value is -2.67. The molecule has 7 heteroatoms. The van der Waals surface area contributed by atoms with E-state index in [-0.39, 0.29) is 24.1 Å². The highest BCUT2D eigenvalue weighted by molar-refractivity contribution is 7.12. The van der Waals surface area contributed by atoms with Crippen LogP contribution < -0.4 is 15.8 Å². The maximum Gasteiger partial charge on any atom is 0.279 e. The molecule has 1 atom stereocenters. The van der Waals surface area contributed by atoms with Crippen molar-refractivity contribution in [3.05, 3.63) is 52.7 Å². The number of benzene rings is 1. The first-order valence-electron chi connectivity index (χ1n) is 7.14. The summed E-state index contributed by atoms with van der Waals surface area (Å²) < 4.78 is 0. The second-order valence-electron chi connectivity index (χ2n) is 5.16. The number of nitrogens with one attached hydrogen (secondary N) is 2. The first-order chi connectivity index (χ1) is 11.1. The van der Waals surface area contributed by atoms with Crippen LogP contribution in [0.5, 0.6) is 0 Å². The topological polar surface area (TPSA) is 78.5 Å². The number of rotatable bonds is 3. The van der Waals surface area contributed by atoms with E-state index < -0.39 is 5.92 Å². The standard InChI is InChI=1S/C16H15N3O3S/c20-14-9-11(10-19(14)12-5-2-1-3-6-12)15(21)17-18-16(22)13-7-4-8-23-13/h1-8,11H,9-10H2,(H,17,21)(H,18,22)/t11-/m0/s1. The molecule has 6 nitrogen and oxygen atoms in total. The molecule has 0 radical (unpaired) electrons. The molecule has 1 aromatic heterocycles. The van der Waals surface area contributed by atoms with Gasteiger partial charge in [-0.15, -0.1) is 11.3 Å². The first-order valence-corrected chi connectivity index (χ1v) is 8.02. The first kappa shape index (κ1) is 15.2. The lowest BCUT2D eigenvalue weighted by atomic mass is 10.1. The van der Waals surface area contributed by atoms with E-state index in [1.807, 2.05) is 30.3 Å². The number of nitrogens with zero attached hydrogens (tertiary/aromatic N) is 1. The summed E-state index contributed by atoms with van der Waals surface area (Å²) in [6.45, 7) is 0.309. The predicted molar refractivity (Wildman–Crippen MR) is 86.8 cm³/mol. The molecular formula is C16H15N3O3S. The van der Waals surface area contributed by atoms with Gasteiger partial charge in [0.15, 0.2) is 0 Å². The van der Waals surface area contributed by atoms with Crippen LogP contribution in [0.15, 0.2) is 47.8 Å². The number of anilines is 1. The molecule has 0 aliphatic carbocycles. The third-order valence-corrected chi connectivity index (χ3v) is 4.48. The Morgan fingerprint density at radius 1 is 1.09 bits per heavy atom. The summed E-state index contributed by atoms with van der Waals surface area (Å²) in [6, 6.07) is 12.6. The summed E-state index contributed by atoms with van der Waals surface area (Å²) in [5, 5.41) is 1.78. The molecule has 2 aromatic rings. The van der Waals surface area contributed by atoms with Crippen molar-refractivity contribution in [3.63, 3.8) is 0 Å². The lowest BCUT2D eigenvalue weighted by Gasteiger charge is -2.16. The number of amides is 3. The average molecular weight is 329 g/mol. The third-order valence-electron chi connectivity index (χ3n) is 3.61. The van der Waals surface area contributed by atoms with Crippen molar-refractivity contribution in [2.75, 3.05) is 11.4 Å². The Morgan fingerprint density at radius 2 is 1.87 bits per heavy atom. The summed E-state index contributed by atoms with van der Waals surface area (Å²) in [6.07, 6.45) is 0.135. The average Bonchev–Trinajstić information content (AvgIpc) is 3.23. The zero-order valence-corrected chi connectivity index (χ0v) is 13.0. The summed E-state index contributed by atoms with van der Waals surface area (Å²) >= 11 is 1.29. The highest BCUT2D eigenvalue weighted by Crippen LogP contribution is 2.24. The number of hydrogen-bond donors (Lipinski definition) is 2. The molecule has 1 fully saturated rings. The minimum atomic E-state index is -0.480. The maximum atomic E-state index is 12.1. The molecule has 2 N–H and O–H groups in total. The number of carbonyl (C=O) groups excluding carboxylic acids is 3. The fourth-order valence-electron chi connectivity index (χ4n) is 2.43. The molecule has 0 spiro atoms. The fraction of sp³-hybridized carbons (Fsp3) is 0.188. The van der Waals surface area contributed by atoms with Gasteiger partial charge in [0.25, 0.3) is 5.91 Å². The van der Waals surface area contributed by atoms with Gasteiger partial charge in [-0.3, -0.25) is 25.2 Å². The molecule has 118 valence electrons. The number of para-hydroxylation sites is 1. The Morgan fingerprint density at radius 3 is 2.57 bits per heavy atom. The van der Waals surface area contributed by atoms with Gasteiger partial charge >= 0.3 is 0 Å². The van der Waals surface area contributed by atoms with Crippen LogP contribution in [0.3, 0.4) is 0 Å². The van der Waals surface area contributed by atoms with Crippen LogP contribution in [0, 0.1) is 5.92 Å². The SMILES string of the molecule is O=C(NNC(=O)[C@H]1CC(=O)N(c2ccccc2)C1)c1cccs1. The Balaban J connectivity index is 1.57. The van der Waals surface area contributed by atoms with E-state index in [0.717, 1.165) is 5.69 Å². The minimum Gasteiger partial charge on any atom is -0.312 e. The predicted octanol–water partition coefficient (Wildman–Crippen LogP) is 1.56. The van der Waals surface area contributed by atoms with Crippen molar-refractivity contribution in [1.29, 1.82) is 0 Å². The largest absolute Gasteiger partial charge is 0.312 e. The molecule has 1 aromatic carbocycles. The summed E-state index contributed by atoms with van der Waals surface area (Å²) in [5.41, 5.74) is 5.54. The van der Waals surface area contributed by atoms with Crippen molar-refractivity contribution < 1.29 is 14.4 Å². The van der Waals surface area contributed by atoms with E-state index in [4.69, 9.17) is 0 Å². The monoisotopic (exact) mass is 329 g/mol. The molecule has 0 bridgehead atoms. The van der Waals surface area contributed by atoms with E-state index >= 15 is 0 Å².